The number of anilines is 1. The summed E-state index contributed by atoms with van der Waals surface area (Å²) in [5, 5.41) is 13.7. The van der Waals surface area contributed by atoms with Crippen molar-refractivity contribution in [2.45, 2.75) is 18.9 Å². The molecule has 7 nitrogen and oxygen atoms in total. The SMILES string of the molecule is C#Cc1cccc(NC(=O)N[C@H](CCC(N)=O)C(=O)O)c1. The number of nitrogens with one attached hydrogen (secondary N) is 2. The summed E-state index contributed by atoms with van der Waals surface area (Å²) < 4.78 is 0. The first-order valence-corrected chi connectivity index (χ1v) is 6.07. The smallest absolute Gasteiger partial charge is 0.326 e. The maximum absolute atomic E-state index is 11.7. The van der Waals surface area contributed by atoms with Crippen LogP contribution in [0.2, 0.25) is 0 Å². The molecular weight excluding hydrogens is 274 g/mol. The Morgan fingerprint density at radius 2 is 2.10 bits per heavy atom. The van der Waals surface area contributed by atoms with Crippen molar-refractivity contribution in [3.63, 3.8) is 0 Å². The lowest BCUT2D eigenvalue weighted by Crippen LogP contribution is -2.43. The molecule has 0 aliphatic heterocycles. The highest BCUT2D eigenvalue weighted by Gasteiger charge is 2.20. The van der Waals surface area contributed by atoms with E-state index in [4.69, 9.17) is 17.3 Å². The van der Waals surface area contributed by atoms with E-state index in [1.807, 2.05) is 0 Å². The van der Waals surface area contributed by atoms with Crippen molar-refractivity contribution >= 4 is 23.6 Å². The molecule has 0 radical (unpaired) electrons. The summed E-state index contributed by atoms with van der Waals surface area (Å²) in [6, 6.07) is 4.62. The number of primary amides is 1. The lowest BCUT2D eigenvalue weighted by Gasteiger charge is -2.14. The maximum Gasteiger partial charge on any atom is 0.326 e. The molecule has 0 saturated heterocycles. The molecule has 1 atom stereocenters. The van der Waals surface area contributed by atoms with E-state index < -0.39 is 23.9 Å². The Morgan fingerprint density at radius 3 is 2.67 bits per heavy atom. The van der Waals surface area contributed by atoms with E-state index >= 15 is 0 Å². The van der Waals surface area contributed by atoms with E-state index in [1.54, 1.807) is 24.3 Å². The van der Waals surface area contributed by atoms with E-state index in [9.17, 15) is 14.4 Å². The van der Waals surface area contributed by atoms with Gasteiger partial charge in [0.15, 0.2) is 0 Å². The van der Waals surface area contributed by atoms with Crippen molar-refractivity contribution in [3.8, 4) is 12.3 Å². The van der Waals surface area contributed by atoms with Gasteiger partial charge in [-0.1, -0.05) is 12.0 Å². The molecule has 1 rings (SSSR count). The van der Waals surface area contributed by atoms with Gasteiger partial charge in [-0.2, -0.15) is 0 Å². The van der Waals surface area contributed by atoms with Crippen LogP contribution >= 0.6 is 0 Å². The van der Waals surface area contributed by atoms with Crippen LogP contribution in [0, 0.1) is 12.3 Å². The predicted molar refractivity (Wildman–Crippen MR) is 76.4 cm³/mol. The van der Waals surface area contributed by atoms with Gasteiger partial charge in [-0.05, 0) is 24.6 Å². The van der Waals surface area contributed by atoms with E-state index in [0.717, 1.165) is 0 Å². The number of amides is 3. The highest BCUT2D eigenvalue weighted by atomic mass is 16.4. The van der Waals surface area contributed by atoms with Crippen molar-refractivity contribution in [1.82, 2.24) is 5.32 Å². The van der Waals surface area contributed by atoms with Gasteiger partial charge in [0.1, 0.15) is 6.04 Å². The molecule has 1 aromatic rings. The zero-order valence-electron chi connectivity index (χ0n) is 11.1. The van der Waals surface area contributed by atoms with Gasteiger partial charge in [0.05, 0.1) is 0 Å². The maximum atomic E-state index is 11.7. The van der Waals surface area contributed by atoms with Crippen LogP contribution in [-0.4, -0.2) is 29.1 Å². The second-order valence-electron chi connectivity index (χ2n) is 4.22. The van der Waals surface area contributed by atoms with E-state index in [-0.39, 0.29) is 12.8 Å². The minimum absolute atomic E-state index is 0.0809. The highest BCUT2D eigenvalue weighted by molar-refractivity contribution is 5.92. The number of carboxylic acid groups (broad SMARTS) is 1. The van der Waals surface area contributed by atoms with Crippen molar-refractivity contribution < 1.29 is 19.5 Å². The summed E-state index contributed by atoms with van der Waals surface area (Å²) in [5.74, 6) is 0.535. The molecule has 0 unspecified atom stereocenters. The number of carbonyl (C=O) groups excluding carboxylic acids is 2. The van der Waals surface area contributed by atoms with Gasteiger partial charge in [0.25, 0.3) is 0 Å². The first kappa shape index (κ1) is 16.0. The van der Waals surface area contributed by atoms with E-state index in [0.29, 0.717) is 11.3 Å². The second kappa shape index (κ2) is 7.55. The lowest BCUT2D eigenvalue weighted by atomic mass is 10.1. The topological polar surface area (TPSA) is 122 Å². The first-order chi connectivity index (χ1) is 9.92. The Morgan fingerprint density at radius 1 is 1.38 bits per heavy atom. The summed E-state index contributed by atoms with van der Waals surface area (Å²) in [4.78, 5) is 33.4. The van der Waals surface area contributed by atoms with Crippen LogP contribution in [0.4, 0.5) is 10.5 Å². The molecule has 0 aliphatic rings. The average molecular weight is 289 g/mol. The predicted octanol–water partition coefficient (Wildman–Crippen LogP) is 0.508. The van der Waals surface area contributed by atoms with Gasteiger partial charge in [-0.3, -0.25) is 4.79 Å². The normalized spacial score (nSPS) is 11.0. The molecule has 1 aromatic carbocycles. The number of carboxylic acids is 1. The molecule has 5 N–H and O–H groups in total. The highest BCUT2D eigenvalue weighted by Crippen LogP contribution is 2.09. The number of hydrogen-bond acceptors (Lipinski definition) is 3. The van der Waals surface area contributed by atoms with Crippen LogP contribution < -0.4 is 16.4 Å². The molecule has 0 fully saturated rings. The van der Waals surface area contributed by atoms with Crippen molar-refractivity contribution in [2.24, 2.45) is 5.73 Å². The van der Waals surface area contributed by atoms with Gasteiger partial charge in [0.2, 0.25) is 5.91 Å². The zero-order chi connectivity index (χ0) is 15.8. The number of hydrogen-bond donors (Lipinski definition) is 4. The van der Waals surface area contributed by atoms with Crippen molar-refractivity contribution in [2.75, 3.05) is 5.32 Å². The number of benzene rings is 1. The number of terminal acetylenes is 1. The van der Waals surface area contributed by atoms with Gasteiger partial charge in [-0.15, -0.1) is 6.42 Å². The Bertz CT molecular complexity index is 592. The summed E-state index contributed by atoms with van der Waals surface area (Å²) in [6.07, 6.45) is 5.02. The molecule has 7 heteroatoms. The van der Waals surface area contributed by atoms with Crippen LogP contribution in [0.3, 0.4) is 0 Å². The van der Waals surface area contributed by atoms with Crippen molar-refractivity contribution in [3.05, 3.63) is 29.8 Å². The Labute approximate surface area is 121 Å². The molecule has 0 aromatic heterocycles. The molecule has 21 heavy (non-hydrogen) atoms. The largest absolute Gasteiger partial charge is 0.480 e. The number of urea groups is 1. The third kappa shape index (κ3) is 5.65. The monoisotopic (exact) mass is 289 g/mol. The zero-order valence-corrected chi connectivity index (χ0v) is 11.1. The summed E-state index contributed by atoms with van der Waals surface area (Å²) in [6.45, 7) is 0. The molecule has 0 saturated carbocycles. The Kier molecular flexibility index (Phi) is 5.77. The van der Waals surface area contributed by atoms with Crippen LogP contribution in [0.25, 0.3) is 0 Å². The summed E-state index contributed by atoms with van der Waals surface area (Å²) in [7, 11) is 0. The van der Waals surface area contributed by atoms with Crippen molar-refractivity contribution in [1.29, 1.82) is 0 Å². The van der Waals surface area contributed by atoms with Gasteiger partial charge in [-0.25, -0.2) is 9.59 Å². The van der Waals surface area contributed by atoms with E-state index in [1.165, 1.54) is 0 Å². The fraction of sp³-hybridized carbons (Fsp3) is 0.214. The third-order valence-corrected chi connectivity index (χ3v) is 2.57. The number of aliphatic carboxylic acids is 1. The van der Waals surface area contributed by atoms with Crippen LogP contribution in [0.15, 0.2) is 24.3 Å². The van der Waals surface area contributed by atoms with Gasteiger partial charge in [0, 0.05) is 17.7 Å². The minimum Gasteiger partial charge on any atom is -0.480 e. The third-order valence-electron chi connectivity index (χ3n) is 2.57. The molecule has 0 aliphatic carbocycles. The molecule has 0 spiro atoms. The number of carbonyl (C=O) groups is 3. The van der Waals surface area contributed by atoms with Gasteiger partial charge >= 0.3 is 12.0 Å². The molecule has 0 heterocycles. The molecular formula is C14H15N3O4. The molecule has 3 amide bonds. The van der Waals surface area contributed by atoms with Crippen LogP contribution in [0.1, 0.15) is 18.4 Å². The first-order valence-electron chi connectivity index (χ1n) is 6.07. The average Bonchev–Trinajstić information content (AvgIpc) is 2.43. The van der Waals surface area contributed by atoms with Crippen LogP contribution in [0.5, 0.6) is 0 Å². The lowest BCUT2D eigenvalue weighted by molar-refractivity contribution is -0.139. The Balaban J connectivity index is 2.63. The van der Waals surface area contributed by atoms with Crippen LogP contribution in [-0.2, 0) is 9.59 Å². The fourth-order valence-corrected chi connectivity index (χ4v) is 1.56. The quantitative estimate of drug-likeness (QED) is 0.570. The number of nitrogens with two attached hydrogens (primary N) is 1. The molecule has 0 bridgehead atoms. The number of rotatable bonds is 6. The molecule has 110 valence electrons. The Hall–Kier alpha value is -3.01. The standard InChI is InChI=1S/C14H15N3O4/c1-2-9-4-3-5-10(8-9)16-14(21)17-11(13(19)20)6-7-12(15)18/h1,3-5,8,11H,6-7H2,(H2,15,18)(H,19,20)(H2,16,17,21)/t11-/m1/s1. The van der Waals surface area contributed by atoms with Gasteiger partial charge < -0.3 is 21.5 Å². The second-order valence-corrected chi connectivity index (χ2v) is 4.22. The summed E-state index contributed by atoms with van der Waals surface area (Å²) >= 11 is 0. The minimum atomic E-state index is -1.25. The summed E-state index contributed by atoms with van der Waals surface area (Å²) in [5.41, 5.74) is 5.96. The fourth-order valence-electron chi connectivity index (χ4n) is 1.56. The van der Waals surface area contributed by atoms with E-state index in [2.05, 4.69) is 16.6 Å².